The van der Waals surface area contributed by atoms with Crippen LogP contribution < -0.4 is 5.32 Å². The van der Waals surface area contributed by atoms with Crippen molar-refractivity contribution < 1.29 is 0 Å². The van der Waals surface area contributed by atoms with E-state index in [2.05, 4.69) is 19.2 Å². The number of hydrogen-bond donors (Lipinski definition) is 1. The fraction of sp³-hybridized carbons (Fsp3) is 1.00. The Morgan fingerprint density at radius 2 is 2.22 bits per heavy atom. The normalized spacial score (nSPS) is 41.0. The molecule has 0 aromatic carbocycles. The molecule has 2 atom stereocenters. The lowest BCUT2D eigenvalue weighted by atomic mass is 10.0. The second-order valence-electron chi connectivity index (χ2n) is 3.61. The van der Waals surface area contributed by atoms with Crippen molar-refractivity contribution in [2.45, 2.75) is 26.7 Å². The first-order chi connectivity index (χ1) is 4.19. The summed E-state index contributed by atoms with van der Waals surface area (Å²) >= 11 is 0. The van der Waals surface area contributed by atoms with Crippen LogP contribution in [0.1, 0.15) is 26.7 Å². The average Bonchev–Trinajstić information content (AvgIpc) is 2.38. The number of nitrogens with one attached hydrogen (secondary N) is 1. The van der Waals surface area contributed by atoms with Gasteiger partial charge in [0.15, 0.2) is 0 Å². The van der Waals surface area contributed by atoms with Crippen LogP contribution in [0.2, 0.25) is 0 Å². The van der Waals surface area contributed by atoms with Crippen molar-refractivity contribution in [1.82, 2.24) is 5.32 Å². The van der Waals surface area contributed by atoms with Crippen LogP contribution in [0, 0.1) is 11.3 Å². The molecule has 0 radical (unpaired) electrons. The van der Waals surface area contributed by atoms with E-state index in [0.29, 0.717) is 5.41 Å². The van der Waals surface area contributed by atoms with Crippen LogP contribution in [0.25, 0.3) is 0 Å². The van der Waals surface area contributed by atoms with Crippen molar-refractivity contribution >= 4 is 0 Å². The molecule has 1 aliphatic rings. The van der Waals surface area contributed by atoms with E-state index in [1.165, 1.54) is 19.4 Å². The third-order valence-electron chi connectivity index (χ3n) is 2.75. The molecule has 1 aliphatic carbocycles. The van der Waals surface area contributed by atoms with Gasteiger partial charge in [0, 0.05) is 0 Å². The van der Waals surface area contributed by atoms with Crippen LogP contribution >= 0.6 is 0 Å². The Morgan fingerprint density at radius 3 is 2.56 bits per heavy atom. The summed E-state index contributed by atoms with van der Waals surface area (Å²) in [6.45, 7) is 5.91. The summed E-state index contributed by atoms with van der Waals surface area (Å²) in [5.74, 6) is 0.978. The second kappa shape index (κ2) is 2.30. The predicted octanol–water partition coefficient (Wildman–Crippen LogP) is 1.64. The Kier molecular flexibility index (Phi) is 1.80. The lowest BCUT2D eigenvalue weighted by molar-refractivity contribution is 0.464. The Hall–Kier alpha value is -0.0400. The van der Waals surface area contributed by atoms with Crippen molar-refractivity contribution in [3.05, 3.63) is 0 Å². The molecule has 54 valence electrons. The van der Waals surface area contributed by atoms with Gasteiger partial charge < -0.3 is 5.32 Å². The third-order valence-corrected chi connectivity index (χ3v) is 2.75. The first kappa shape index (κ1) is 7.07. The molecule has 1 N–H and O–H groups in total. The highest BCUT2D eigenvalue weighted by atomic mass is 14.8. The van der Waals surface area contributed by atoms with E-state index in [1.807, 2.05) is 7.05 Å². The zero-order valence-corrected chi connectivity index (χ0v) is 6.70. The minimum atomic E-state index is 0.697. The van der Waals surface area contributed by atoms with Gasteiger partial charge in [0.2, 0.25) is 0 Å². The molecule has 1 saturated carbocycles. The molecule has 0 aromatic heterocycles. The van der Waals surface area contributed by atoms with Crippen LogP contribution in [-0.2, 0) is 0 Å². The monoisotopic (exact) mass is 127 g/mol. The van der Waals surface area contributed by atoms with Crippen LogP contribution in [0.5, 0.6) is 0 Å². The van der Waals surface area contributed by atoms with Gasteiger partial charge in [-0.15, -0.1) is 0 Å². The summed E-state index contributed by atoms with van der Waals surface area (Å²) in [6, 6.07) is 0. The van der Waals surface area contributed by atoms with Gasteiger partial charge in [-0.2, -0.15) is 0 Å². The van der Waals surface area contributed by atoms with E-state index >= 15 is 0 Å². The van der Waals surface area contributed by atoms with Crippen molar-refractivity contribution in [3.8, 4) is 0 Å². The molecule has 0 heterocycles. The molecule has 0 aliphatic heterocycles. The summed E-state index contributed by atoms with van der Waals surface area (Å²) in [4.78, 5) is 0. The fourth-order valence-corrected chi connectivity index (χ4v) is 1.40. The quantitative estimate of drug-likeness (QED) is 0.607. The van der Waals surface area contributed by atoms with Gasteiger partial charge in [0.05, 0.1) is 0 Å². The average molecular weight is 127 g/mol. The highest BCUT2D eigenvalue weighted by Crippen LogP contribution is 2.54. The van der Waals surface area contributed by atoms with Crippen molar-refractivity contribution in [3.63, 3.8) is 0 Å². The smallest absolute Gasteiger partial charge is 0.00466 e. The van der Waals surface area contributed by atoms with E-state index < -0.39 is 0 Å². The second-order valence-corrected chi connectivity index (χ2v) is 3.61. The Labute approximate surface area is 57.8 Å². The minimum Gasteiger partial charge on any atom is -0.320 e. The molecule has 0 aromatic rings. The third kappa shape index (κ3) is 1.45. The van der Waals surface area contributed by atoms with Gasteiger partial charge in [-0.3, -0.25) is 0 Å². The van der Waals surface area contributed by atoms with Gasteiger partial charge in [0.1, 0.15) is 0 Å². The number of hydrogen-bond acceptors (Lipinski definition) is 1. The topological polar surface area (TPSA) is 12.0 Å². The first-order valence-corrected chi connectivity index (χ1v) is 3.83. The highest BCUT2D eigenvalue weighted by molar-refractivity contribution is 4.95. The summed E-state index contributed by atoms with van der Waals surface area (Å²) in [6.07, 6.45) is 2.79. The predicted molar refractivity (Wildman–Crippen MR) is 40.4 cm³/mol. The molecule has 1 fully saturated rings. The molecule has 0 amide bonds. The summed E-state index contributed by atoms with van der Waals surface area (Å²) in [7, 11) is 2.02. The SMILES string of the molecule is CNCCC1(C)CC1C. The maximum atomic E-state index is 3.18. The van der Waals surface area contributed by atoms with E-state index in [9.17, 15) is 0 Å². The zero-order valence-electron chi connectivity index (χ0n) is 6.70. The molecule has 2 unspecified atom stereocenters. The van der Waals surface area contributed by atoms with E-state index in [0.717, 1.165) is 5.92 Å². The van der Waals surface area contributed by atoms with Gasteiger partial charge in [-0.1, -0.05) is 13.8 Å². The van der Waals surface area contributed by atoms with Crippen LogP contribution in [-0.4, -0.2) is 13.6 Å². The summed E-state index contributed by atoms with van der Waals surface area (Å²) < 4.78 is 0. The van der Waals surface area contributed by atoms with Gasteiger partial charge >= 0.3 is 0 Å². The molecule has 1 nitrogen and oxygen atoms in total. The Morgan fingerprint density at radius 1 is 1.67 bits per heavy atom. The molecule has 1 rings (SSSR count). The van der Waals surface area contributed by atoms with Crippen LogP contribution in [0.15, 0.2) is 0 Å². The maximum Gasteiger partial charge on any atom is -0.00466 e. The standard InChI is InChI=1S/C8H17N/c1-7-6-8(7,2)4-5-9-3/h7,9H,4-6H2,1-3H3. The van der Waals surface area contributed by atoms with Crippen molar-refractivity contribution in [2.24, 2.45) is 11.3 Å². The number of rotatable bonds is 3. The summed E-state index contributed by atoms with van der Waals surface area (Å²) in [5, 5.41) is 3.18. The van der Waals surface area contributed by atoms with E-state index in [1.54, 1.807) is 0 Å². The maximum absolute atomic E-state index is 3.18. The molecular formula is C8H17N. The molecule has 0 spiro atoms. The molecule has 1 heteroatoms. The molecule has 0 saturated heterocycles. The molecular weight excluding hydrogens is 110 g/mol. The zero-order chi connectivity index (χ0) is 6.91. The van der Waals surface area contributed by atoms with E-state index in [-0.39, 0.29) is 0 Å². The summed E-state index contributed by atoms with van der Waals surface area (Å²) in [5.41, 5.74) is 0.697. The lowest BCUT2D eigenvalue weighted by Gasteiger charge is -2.07. The van der Waals surface area contributed by atoms with Crippen LogP contribution in [0.3, 0.4) is 0 Å². The van der Waals surface area contributed by atoms with Crippen molar-refractivity contribution in [2.75, 3.05) is 13.6 Å². The van der Waals surface area contributed by atoms with Gasteiger partial charge in [-0.25, -0.2) is 0 Å². The lowest BCUT2D eigenvalue weighted by Crippen LogP contribution is -2.12. The van der Waals surface area contributed by atoms with E-state index in [4.69, 9.17) is 0 Å². The Bertz CT molecular complexity index is 101. The largest absolute Gasteiger partial charge is 0.320 e. The fourth-order valence-electron chi connectivity index (χ4n) is 1.40. The van der Waals surface area contributed by atoms with Crippen molar-refractivity contribution in [1.29, 1.82) is 0 Å². The van der Waals surface area contributed by atoms with Gasteiger partial charge in [0.25, 0.3) is 0 Å². The molecule has 9 heavy (non-hydrogen) atoms. The Balaban J connectivity index is 2.13. The highest BCUT2D eigenvalue weighted by Gasteiger charge is 2.45. The van der Waals surface area contributed by atoms with Gasteiger partial charge in [-0.05, 0) is 37.8 Å². The first-order valence-electron chi connectivity index (χ1n) is 3.83. The molecule has 0 bridgehead atoms. The van der Waals surface area contributed by atoms with Crippen LogP contribution in [0.4, 0.5) is 0 Å². The minimum absolute atomic E-state index is 0.697.